The number of rotatable bonds is 8. The zero-order valence-electron chi connectivity index (χ0n) is 18.4. The van der Waals surface area contributed by atoms with Gasteiger partial charge in [-0.15, -0.1) is 22.7 Å². The van der Waals surface area contributed by atoms with E-state index in [2.05, 4.69) is 4.98 Å². The van der Waals surface area contributed by atoms with E-state index in [-0.39, 0.29) is 18.0 Å². The summed E-state index contributed by atoms with van der Waals surface area (Å²) in [6, 6.07) is 13.7. The molecule has 1 aromatic carbocycles. The second kappa shape index (κ2) is 9.64. The highest BCUT2D eigenvalue weighted by atomic mass is 32.1. The van der Waals surface area contributed by atoms with Gasteiger partial charge in [0.2, 0.25) is 5.78 Å². The van der Waals surface area contributed by atoms with Crippen molar-refractivity contribution in [1.82, 2.24) is 9.97 Å². The van der Waals surface area contributed by atoms with Gasteiger partial charge in [-0.1, -0.05) is 36.4 Å². The Labute approximate surface area is 199 Å². The Bertz CT molecular complexity index is 1320. The molecule has 6 nitrogen and oxygen atoms in total. The number of aromatic amines is 1. The molecule has 0 fully saturated rings. The maximum atomic E-state index is 12.6. The van der Waals surface area contributed by atoms with Crippen LogP contribution in [-0.2, 0) is 16.0 Å². The van der Waals surface area contributed by atoms with Gasteiger partial charge < -0.3 is 9.72 Å². The van der Waals surface area contributed by atoms with Crippen LogP contribution in [-0.4, -0.2) is 34.1 Å². The Balaban J connectivity index is 1.50. The van der Waals surface area contributed by atoms with Gasteiger partial charge in [0.25, 0.3) is 0 Å². The van der Waals surface area contributed by atoms with E-state index in [0.717, 1.165) is 26.0 Å². The SMILES string of the molecule is CC(=O)c1c(C)[nH]c(C(=O)COC(=O)Cc2sc(-c3ccccc3)nc2-c2cccs2)c1C. The Hall–Kier alpha value is -3.36. The van der Waals surface area contributed by atoms with Gasteiger partial charge in [-0.3, -0.25) is 14.4 Å². The minimum Gasteiger partial charge on any atom is -0.457 e. The van der Waals surface area contributed by atoms with Crippen LogP contribution < -0.4 is 0 Å². The molecule has 0 atom stereocenters. The smallest absolute Gasteiger partial charge is 0.311 e. The van der Waals surface area contributed by atoms with E-state index in [4.69, 9.17) is 9.72 Å². The molecular formula is C25H22N2O4S2. The van der Waals surface area contributed by atoms with Crippen LogP contribution in [0.5, 0.6) is 0 Å². The predicted molar refractivity (Wildman–Crippen MR) is 130 cm³/mol. The zero-order chi connectivity index (χ0) is 23.5. The minimum atomic E-state index is -0.503. The summed E-state index contributed by atoms with van der Waals surface area (Å²) in [5, 5.41) is 2.79. The summed E-state index contributed by atoms with van der Waals surface area (Å²) in [6.45, 7) is 4.52. The molecule has 0 saturated heterocycles. The van der Waals surface area contributed by atoms with E-state index in [0.29, 0.717) is 22.5 Å². The number of H-pyrrole nitrogens is 1. The van der Waals surface area contributed by atoms with Crippen LogP contribution in [0.2, 0.25) is 0 Å². The Morgan fingerprint density at radius 2 is 1.82 bits per heavy atom. The molecule has 3 aromatic heterocycles. The number of aromatic nitrogens is 2. The van der Waals surface area contributed by atoms with E-state index in [1.54, 1.807) is 25.2 Å². The summed E-state index contributed by atoms with van der Waals surface area (Å²) in [5.74, 6) is -0.987. The van der Waals surface area contributed by atoms with Gasteiger partial charge in [-0.05, 0) is 37.8 Å². The standard InChI is InChI=1S/C25H22N2O4S2/c1-14-22(16(3)28)15(2)26-23(14)18(29)13-31-21(30)12-20-24(19-10-7-11-32-19)27-25(33-20)17-8-5-4-6-9-17/h4-11,26H,12-13H2,1-3H3. The molecule has 0 saturated carbocycles. The first-order valence-corrected chi connectivity index (χ1v) is 12.0. The molecule has 4 rings (SSSR count). The maximum absolute atomic E-state index is 12.6. The molecule has 3 heterocycles. The largest absolute Gasteiger partial charge is 0.457 e. The van der Waals surface area contributed by atoms with Crippen LogP contribution >= 0.6 is 22.7 Å². The number of nitrogens with zero attached hydrogens (tertiary/aromatic N) is 1. The number of ketones is 2. The molecule has 0 bridgehead atoms. The number of aryl methyl sites for hydroxylation is 1. The molecule has 0 aliphatic rings. The molecule has 0 amide bonds. The van der Waals surface area contributed by atoms with Crippen LogP contribution in [0.15, 0.2) is 47.8 Å². The first-order chi connectivity index (χ1) is 15.8. The highest BCUT2D eigenvalue weighted by Crippen LogP contribution is 2.36. The lowest BCUT2D eigenvalue weighted by atomic mass is 10.1. The third-order valence-corrected chi connectivity index (χ3v) is 7.19. The molecule has 0 radical (unpaired) electrons. The summed E-state index contributed by atoms with van der Waals surface area (Å²) in [6.07, 6.45) is 0.0203. The average molecular weight is 479 g/mol. The van der Waals surface area contributed by atoms with Crippen LogP contribution in [0, 0.1) is 13.8 Å². The molecule has 33 heavy (non-hydrogen) atoms. The zero-order valence-corrected chi connectivity index (χ0v) is 20.1. The second-order valence-corrected chi connectivity index (χ2v) is 9.61. The molecule has 0 aliphatic carbocycles. The summed E-state index contributed by atoms with van der Waals surface area (Å²) < 4.78 is 5.30. The van der Waals surface area contributed by atoms with Crippen LogP contribution in [0.1, 0.15) is 43.9 Å². The molecule has 4 aromatic rings. The number of carbonyl (C=O) groups is 3. The van der Waals surface area contributed by atoms with E-state index in [9.17, 15) is 14.4 Å². The third-order valence-electron chi connectivity index (χ3n) is 5.21. The highest BCUT2D eigenvalue weighted by molar-refractivity contribution is 7.17. The van der Waals surface area contributed by atoms with Crippen molar-refractivity contribution in [3.63, 3.8) is 0 Å². The number of esters is 1. The van der Waals surface area contributed by atoms with Crippen molar-refractivity contribution in [2.75, 3.05) is 6.61 Å². The highest BCUT2D eigenvalue weighted by Gasteiger charge is 2.22. The fourth-order valence-electron chi connectivity index (χ4n) is 3.74. The summed E-state index contributed by atoms with van der Waals surface area (Å²) in [7, 11) is 0. The third kappa shape index (κ3) is 4.86. The van der Waals surface area contributed by atoms with Crippen molar-refractivity contribution in [3.05, 3.63) is 75.2 Å². The number of Topliss-reactive ketones (excluding diaryl/α,β-unsaturated/α-hetero) is 2. The normalized spacial score (nSPS) is 10.9. The molecule has 0 spiro atoms. The fourth-order valence-corrected chi connectivity index (χ4v) is 5.61. The molecule has 0 aliphatic heterocycles. The summed E-state index contributed by atoms with van der Waals surface area (Å²) >= 11 is 3.00. The Morgan fingerprint density at radius 3 is 2.45 bits per heavy atom. The van der Waals surface area contributed by atoms with Crippen molar-refractivity contribution in [1.29, 1.82) is 0 Å². The van der Waals surface area contributed by atoms with Crippen molar-refractivity contribution in [2.45, 2.75) is 27.2 Å². The maximum Gasteiger partial charge on any atom is 0.311 e. The summed E-state index contributed by atoms with van der Waals surface area (Å²) in [4.78, 5) is 46.5. The van der Waals surface area contributed by atoms with E-state index < -0.39 is 12.6 Å². The fraction of sp³-hybridized carbons (Fsp3) is 0.200. The van der Waals surface area contributed by atoms with Gasteiger partial charge in [0.05, 0.1) is 22.7 Å². The Kier molecular flexibility index (Phi) is 6.67. The summed E-state index contributed by atoms with van der Waals surface area (Å²) in [5.41, 5.74) is 3.76. The van der Waals surface area contributed by atoms with E-state index in [1.165, 1.54) is 18.3 Å². The van der Waals surface area contributed by atoms with Crippen molar-refractivity contribution < 1.29 is 19.1 Å². The number of hydrogen-bond acceptors (Lipinski definition) is 7. The van der Waals surface area contributed by atoms with Crippen molar-refractivity contribution >= 4 is 40.2 Å². The number of carbonyl (C=O) groups excluding carboxylic acids is 3. The lowest BCUT2D eigenvalue weighted by Crippen LogP contribution is -2.16. The molecule has 8 heteroatoms. The number of hydrogen-bond donors (Lipinski definition) is 1. The number of thiophene rings is 1. The predicted octanol–water partition coefficient (Wildman–Crippen LogP) is 5.65. The van der Waals surface area contributed by atoms with E-state index >= 15 is 0 Å². The number of thiazole rings is 1. The average Bonchev–Trinajstić information content (AvgIpc) is 3.52. The molecule has 0 unspecified atom stereocenters. The second-order valence-electron chi connectivity index (χ2n) is 7.58. The van der Waals surface area contributed by atoms with Gasteiger partial charge in [0.15, 0.2) is 12.4 Å². The number of nitrogens with one attached hydrogen (secondary N) is 1. The Morgan fingerprint density at radius 1 is 1.06 bits per heavy atom. The van der Waals surface area contributed by atoms with Gasteiger partial charge in [0, 0.05) is 21.7 Å². The number of ether oxygens (including phenoxy) is 1. The van der Waals surface area contributed by atoms with Crippen LogP contribution in [0.25, 0.3) is 21.1 Å². The minimum absolute atomic E-state index is 0.0203. The van der Waals surface area contributed by atoms with E-state index in [1.807, 2.05) is 47.8 Å². The van der Waals surface area contributed by atoms with Gasteiger partial charge in [-0.25, -0.2) is 4.98 Å². The topological polar surface area (TPSA) is 89.1 Å². The molecular weight excluding hydrogens is 456 g/mol. The van der Waals surface area contributed by atoms with Crippen molar-refractivity contribution in [2.24, 2.45) is 0 Å². The first kappa shape index (κ1) is 22.8. The first-order valence-electron chi connectivity index (χ1n) is 10.3. The molecule has 168 valence electrons. The van der Waals surface area contributed by atoms with Gasteiger partial charge in [0.1, 0.15) is 5.01 Å². The lowest BCUT2D eigenvalue weighted by molar-refractivity contribution is -0.141. The monoisotopic (exact) mass is 478 g/mol. The molecule has 1 N–H and O–H groups in total. The van der Waals surface area contributed by atoms with Gasteiger partial charge >= 0.3 is 5.97 Å². The van der Waals surface area contributed by atoms with Crippen LogP contribution in [0.4, 0.5) is 0 Å². The number of benzene rings is 1. The van der Waals surface area contributed by atoms with Crippen LogP contribution in [0.3, 0.4) is 0 Å². The van der Waals surface area contributed by atoms with Gasteiger partial charge in [-0.2, -0.15) is 0 Å². The van der Waals surface area contributed by atoms with Crippen molar-refractivity contribution in [3.8, 4) is 21.1 Å². The quantitative estimate of drug-likeness (QED) is 0.261. The lowest BCUT2D eigenvalue weighted by Gasteiger charge is -2.04.